The van der Waals surface area contributed by atoms with E-state index in [4.69, 9.17) is 11.5 Å². The maximum Gasteiger partial charge on any atom is 0.242 e. The van der Waals surface area contributed by atoms with Crippen LogP contribution in [-0.4, -0.2) is 36.4 Å². The van der Waals surface area contributed by atoms with E-state index in [1.807, 2.05) is 0 Å². The van der Waals surface area contributed by atoms with E-state index in [0.717, 1.165) is 24.6 Å². The molecule has 6 nitrogen and oxygen atoms in total. The van der Waals surface area contributed by atoms with Gasteiger partial charge >= 0.3 is 0 Å². The van der Waals surface area contributed by atoms with E-state index in [0.29, 0.717) is 0 Å². The Morgan fingerprint density at radius 3 is 1.61 bits per heavy atom. The fourth-order valence-corrected chi connectivity index (χ4v) is 2.61. The summed E-state index contributed by atoms with van der Waals surface area (Å²) in [5, 5.41) is 5.89. The van der Waals surface area contributed by atoms with Crippen LogP contribution in [-0.2, 0) is 9.59 Å². The predicted octanol–water partition coefficient (Wildman–Crippen LogP) is -0.455. The minimum Gasteiger partial charge on any atom is -0.390 e. The number of carbonyl (C=O) groups is 2. The first kappa shape index (κ1) is 16.7. The quantitative estimate of drug-likeness (QED) is 0.233. The van der Waals surface area contributed by atoms with Crippen molar-refractivity contribution in [1.29, 1.82) is 0 Å². The molecule has 0 radical (unpaired) electrons. The lowest BCUT2D eigenvalue weighted by atomic mass is 10.6. The van der Waals surface area contributed by atoms with Gasteiger partial charge in [-0.1, -0.05) is 21.6 Å². The second-order valence-corrected chi connectivity index (χ2v) is 5.73. The highest BCUT2D eigenvalue weighted by Gasteiger charge is 1.90. The first-order valence-corrected chi connectivity index (χ1v) is 7.75. The zero-order chi connectivity index (χ0) is 13.6. The van der Waals surface area contributed by atoms with Crippen LogP contribution in [0.25, 0.3) is 0 Å². The molecule has 0 aromatic carbocycles. The molecule has 0 fully saturated rings. The Morgan fingerprint density at radius 2 is 1.28 bits per heavy atom. The molecular formula is C10H18N4O2S2. The zero-order valence-electron chi connectivity index (χ0n) is 9.93. The number of hydrogen-bond donors (Lipinski definition) is 4. The molecule has 0 heterocycles. The van der Waals surface area contributed by atoms with Crippen molar-refractivity contribution in [2.45, 2.75) is 0 Å². The van der Waals surface area contributed by atoms with Crippen molar-refractivity contribution in [3.05, 3.63) is 24.6 Å². The Labute approximate surface area is 114 Å². The summed E-state index contributed by atoms with van der Waals surface area (Å²) in [7, 11) is 3.45. The smallest absolute Gasteiger partial charge is 0.242 e. The van der Waals surface area contributed by atoms with Crippen molar-refractivity contribution < 1.29 is 9.59 Å². The normalized spacial score (nSPS) is 10.9. The van der Waals surface area contributed by atoms with E-state index in [1.165, 1.54) is 12.2 Å². The summed E-state index contributed by atoms with van der Waals surface area (Å²) >= 11 is 0. The van der Waals surface area contributed by atoms with Crippen LogP contribution in [0.15, 0.2) is 24.6 Å². The van der Waals surface area contributed by atoms with E-state index in [9.17, 15) is 9.59 Å². The molecule has 18 heavy (non-hydrogen) atoms. The summed E-state index contributed by atoms with van der Waals surface area (Å²) in [6.07, 6.45) is 5.66. The Morgan fingerprint density at radius 1 is 0.889 bits per heavy atom. The molecule has 0 bridgehead atoms. The van der Waals surface area contributed by atoms with Gasteiger partial charge in [0.25, 0.3) is 0 Å². The SMILES string of the molecule is NC(=O)C=CNCCSSCCNC=CC(N)=O. The average Bonchev–Trinajstić information content (AvgIpc) is 2.29. The Kier molecular flexibility index (Phi) is 11.3. The standard InChI is InChI=1S/C10H18N4O2S2/c11-9(15)1-3-13-5-7-17-18-8-6-14-4-2-10(12)16/h1-4,13-14H,5-8H2,(H2,11,15)(H2,12,16). The molecule has 0 aliphatic heterocycles. The largest absolute Gasteiger partial charge is 0.390 e. The summed E-state index contributed by atoms with van der Waals surface area (Å²) in [5.74, 6) is 0.926. The predicted molar refractivity (Wildman–Crippen MR) is 77.6 cm³/mol. The van der Waals surface area contributed by atoms with E-state index in [1.54, 1.807) is 34.0 Å². The zero-order valence-corrected chi connectivity index (χ0v) is 11.6. The van der Waals surface area contributed by atoms with Crippen molar-refractivity contribution in [3.63, 3.8) is 0 Å². The van der Waals surface area contributed by atoms with Crippen LogP contribution in [0.5, 0.6) is 0 Å². The van der Waals surface area contributed by atoms with Gasteiger partial charge in [-0.25, -0.2) is 0 Å². The minimum absolute atomic E-state index is 0.459. The molecule has 2 amide bonds. The van der Waals surface area contributed by atoms with Crippen LogP contribution in [0, 0.1) is 0 Å². The molecule has 0 aliphatic rings. The molecule has 6 N–H and O–H groups in total. The Hall–Kier alpha value is -1.28. The van der Waals surface area contributed by atoms with Gasteiger partial charge in [0.2, 0.25) is 11.8 Å². The maximum atomic E-state index is 10.3. The van der Waals surface area contributed by atoms with Crippen LogP contribution < -0.4 is 22.1 Å². The van der Waals surface area contributed by atoms with Crippen molar-refractivity contribution >= 4 is 33.4 Å². The average molecular weight is 290 g/mol. The first-order valence-electron chi connectivity index (χ1n) is 5.26. The monoisotopic (exact) mass is 290 g/mol. The first-order chi connectivity index (χ1) is 8.63. The van der Waals surface area contributed by atoms with Crippen LogP contribution in [0.4, 0.5) is 0 Å². The summed E-state index contributed by atoms with van der Waals surface area (Å²) in [4.78, 5) is 20.7. The van der Waals surface area contributed by atoms with Gasteiger partial charge in [-0.2, -0.15) is 0 Å². The Balaban J connectivity index is 3.17. The molecule has 0 unspecified atom stereocenters. The second-order valence-electron chi connectivity index (χ2n) is 3.02. The van der Waals surface area contributed by atoms with Gasteiger partial charge in [0.1, 0.15) is 0 Å². The van der Waals surface area contributed by atoms with Crippen LogP contribution in [0.3, 0.4) is 0 Å². The maximum absolute atomic E-state index is 10.3. The summed E-state index contributed by atoms with van der Waals surface area (Å²) in [6.45, 7) is 1.55. The minimum atomic E-state index is -0.459. The molecule has 102 valence electrons. The lowest BCUT2D eigenvalue weighted by Crippen LogP contribution is -2.13. The van der Waals surface area contributed by atoms with Crippen molar-refractivity contribution in [2.24, 2.45) is 11.5 Å². The number of primary amides is 2. The highest BCUT2D eigenvalue weighted by atomic mass is 33.1. The van der Waals surface area contributed by atoms with Gasteiger partial charge in [-0.3, -0.25) is 9.59 Å². The lowest BCUT2D eigenvalue weighted by Gasteiger charge is -2.01. The second kappa shape index (κ2) is 12.2. The van der Waals surface area contributed by atoms with E-state index in [2.05, 4.69) is 10.6 Å². The van der Waals surface area contributed by atoms with Crippen LogP contribution >= 0.6 is 21.6 Å². The van der Waals surface area contributed by atoms with Gasteiger partial charge in [0.15, 0.2) is 0 Å². The fourth-order valence-electron chi connectivity index (χ4n) is 0.768. The third-order valence-corrected chi connectivity index (χ3v) is 3.88. The third-order valence-electron chi connectivity index (χ3n) is 1.47. The molecule has 0 spiro atoms. The third kappa shape index (κ3) is 14.7. The summed E-state index contributed by atoms with van der Waals surface area (Å²) < 4.78 is 0. The van der Waals surface area contributed by atoms with Crippen LogP contribution in [0.1, 0.15) is 0 Å². The molecule has 0 saturated carbocycles. The number of nitrogens with one attached hydrogen (secondary N) is 2. The van der Waals surface area contributed by atoms with Gasteiger partial charge in [-0.15, -0.1) is 0 Å². The van der Waals surface area contributed by atoms with Gasteiger partial charge < -0.3 is 22.1 Å². The number of rotatable bonds is 11. The molecule has 0 aromatic heterocycles. The van der Waals surface area contributed by atoms with E-state index < -0.39 is 11.8 Å². The van der Waals surface area contributed by atoms with E-state index in [-0.39, 0.29) is 0 Å². The van der Waals surface area contributed by atoms with Crippen molar-refractivity contribution in [1.82, 2.24) is 10.6 Å². The van der Waals surface area contributed by atoms with Crippen LogP contribution in [0.2, 0.25) is 0 Å². The summed E-state index contributed by atoms with van der Waals surface area (Å²) in [6, 6.07) is 0. The Bertz CT molecular complexity index is 278. The lowest BCUT2D eigenvalue weighted by molar-refractivity contribution is -0.114. The highest BCUT2D eigenvalue weighted by Crippen LogP contribution is 2.19. The van der Waals surface area contributed by atoms with Gasteiger partial charge in [-0.05, 0) is 0 Å². The fraction of sp³-hybridized carbons (Fsp3) is 0.400. The molecule has 0 atom stereocenters. The molecule has 0 rings (SSSR count). The molecule has 0 aliphatic carbocycles. The number of carbonyl (C=O) groups excluding carboxylic acids is 2. The molecule has 0 aromatic rings. The number of hydrogen-bond acceptors (Lipinski definition) is 6. The molecule has 0 saturated heterocycles. The highest BCUT2D eigenvalue weighted by molar-refractivity contribution is 8.76. The number of amides is 2. The van der Waals surface area contributed by atoms with Crippen molar-refractivity contribution in [3.8, 4) is 0 Å². The number of nitrogens with two attached hydrogens (primary N) is 2. The summed E-state index contributed by atoms with van der Waals surface area (Å²) in [5.41, 5.74) is 9.83. The van der Waals surface area contributed by atoms with Gasteiger partial charge in [0.05, 0.1) is 0 Å². The molecular weight excluding hydrogens is 272 g/mol. The topological polar surface area (TPSA) is 110 Å². The van der Waals surface area contributed by atoms with Crippen molar-refractivity contribution in [2.75, 3.05) is 24.6 Å². The molecule has 8 heteroatoms. The van der Waals surface area contributed by atoms with Gasteiger partial charge in [0, 0.05) is 49.1 Å². The van der Waals surface area contributed by atoms with E-state index >= 15 is 0 Å².